The average Bonchev–Trinajstić information content (AvgIpc) is 3.51. The molecule has 4 unspecified atom stereocenters. The van der Waals surface area contributed by atoms with E-state index in [0.29, 0.717) is 29.7 Å². The summed E-state index contributed by atoms with van der Waals surface area (Å²) in [5.74, 6) is 1.35. The van der Waals surface area contributed by atoms with Gasteiger partial charge in [0.05, 0.1) is 5.02 Å². The normalized spacial score (nSPS) is 19.3. The number of hydrogen-bond acceptors (Lipinski definition) is 6. The zero-order valence-electron chi connectivity index (χ0n) is 20.9. The van der Waals surface area contributed by atoms with Gasteiger partial charge in [0.15, 0.2) is 0 Å². The van der Waals surface area contributed by atoms with Gasteiger partial charge >= 0.3 is 11.9 Å². The van der Waals surface area contributed by atoms with E-state index in [1.165, 1.54) is 0 Å². The molecule has 2 bridgehead atoms. The number of rotatable bonds is 12. The Labute approximate surface area is 217 Å². The van der Waals surface area contributed by atoms with E-state index in [2.05, 4.69) is 13.2 Å². The maximum absolute atomic E-state index is 11.8. The number of benzene rings is 2. The van der Waals surface area contributed by atoms with Gasteiger partial charge in [-0.1, -0.05) is 50.7 Å². The predicted octanol–water partition coefficient (Wildman–Crippen LogP) is 6.63. The lowest BCUT2D eigenvalue weighted by atomic mass is 9.87. The van der Waals surface area contributed by atoms with E-state index in [1.807, 2.05) is 32.0 Å². The molecule has 0 saturated heterocycles. The fourth-order valence-corrected chi connectivity index (χ4v) is 5.60. The molecule has 4 rings (SSSR count). The number of halogens is 1. The summed E-state index contributed by atoms with van der Waals surface area (Å²) < 4.78 is 23.8. The van der Waals surface area contributed by atoms with Crippen molar-refractivity contribution in [2.75, 3.05) is 13.2 Å². The summed E-state index contributed by atoms with van der Waals surface area (Å²) in [5.41, 5.74) is 2.31. The van der Waals surface area contributed by atoms with Crippen molar-refractivity contribution in [2.45, 2.75) is 70.0 Å². The van der Waals surface area contributed by atoms with Crippen LogP contribution in [0.2, 0.25) is 5.02 Å². The van der Waals surface area contributed by atoms with Crippen LogP contribution in [0.25, 0.3) is 10.8 Å². The minimum atomic E-state index is -0.469. The number of hydrogen-bond donors (Lipinski definition) is 0. The summed E-state index contributed by atoms with van der Waals surface area (Å²) in [6.07, 6.45) is 5.99. The van der Waals surface area contributed by atoms with Gasteiger partial charge in [-0.05, 0) is 50.0 Å². The van der Waals surface area contributed by atoms with Gasteiger partial charge in [0.1, 0.15) is 36.9 Å². The largest absolute Gasteiger partial charge is 0.489 e. The maximum Gasteiger partial charge on any atom is 0.330 e. The monoisotopic (exact) mass is 512 g/mol. The molecule has 2 aromatic carbocycles. The summed E-state index contributed by atoms with van der Waals surface area (Å²) in [6.45, 7) is 11.3. The van der Waals surface area contributed by atoms with Crippen molar-refractivity contribution in [3.8, 4) is 11.5 Å². The zero-order valence-corrected chi connectivity index (χ0v) is 21.6. The molecule has 0 amide bonds. The standard InChI is InChI=1S/C29H33ClO6/c1-5-19(35-23(31)7-3)15-33-28-21-10-9-11-22(30)27(21)29(26-18-13-12-17(14-18)25(26)28)34-16-20(6-2)36-24(32)8-4/h7-11,17-20H,3-6,12-16H2,1-2H3. The Morgan fingerprint density at radius 3 is 2.00 bits per heavy atom. The number of carbonyl (C=O) groups excluding carboxylic acids is 2. The first-order valence-electron chi connectivity index (χ1n) is 12.6. The van der Waals surface area contributed by atoms with Crippen LogP contribution in [-0.2, 0) is 19.1 Å². The van der Waals surface area contributed by atoms with Crippen LogP contribution in [0.5, 0.6) is 11.5 Å². The van der Waals surface area contributed by atoms with Crippen LogP contribution in [0.3, 0.4) is 0 Å². The van der Waals surface area contributed by atoms with Crippen molar-refractivity contribution in [2.24, 2.45) is 0 Å². The van der Waals surface area contributed by atoms with Crippen LogP contribution in [0.4, 0.5) is 0 Å². The van der Waals surface area contributed by atoms with Gasteiger partial charge in [0, 0.05) is 34.1 Å². The van der Waals surface area contributed by atoms with Crippen molar-refractivity contribution in [1.29, 1.82) is 0 Å². The molecule has 0 N–H and O–H groups in total. The van der Waals surface area contributed by atoms with Gasteiger partial charge in [0.25, 0.3) is 0 Å². The zero-order chi connectivity index (χ0) is 25.8. The van der Waals surface area contributed by atoms with Gasteiger partial charge < -0.3 is 18.9 Å². The van der Waals surface area contributed by atoms with E-state index in [-0.39, 0.29) is 19.3 Å². The van der Waals surface area contributed by atoms with E-state index in [4.69, 9.17) is 30.5 Å². The summed E-state index contributed by atoms with van der Waals surface area (Å²) in [7, 11) is 0. The third-order valence-electron chi connectivity index (χ3n) is 7.15. The fourth-order valence-electron chi connectivity index (χ4n) is 5.34. The molecule has 4 atom stereocenters. The Balaban J connectivity index is 1.74. The first-order chi connectivity index (χ1) is 17.4. The van der Waals surface area contributed by atoms with E-state index in [9.17, 15) is 9.59 Å². The Bertz CT molecular complexity index is 1170. The van der Waals surface area contributed by atoms with E-state index in [1.54, 1.807) is 0 Å². The number of fused-ring (bicyclic) bond motifs is 6. The van der Waals surface area contributed by atoms with Gasteiger partial charge in [-0.2, -0.15) is 0 Å². The predicted molar refractivity (Wildman–Crippen MR) is 140 cm³/mol. The first-order valence-corrected chi connectivity index (χ1v) is 13.0. The smallest absolute Gasteiger partial charge is 0.330 e. The van der Waals surface area contributed by atoms with Gasteiger partial charge in [-0.15, -0.1) is 0 Å². The molecule has 2 aromatic rings. The SMILES string of the molecule is C=CC(=O)OC(CC)COc1c2c(c(OCC(CC)OC(=O)C=C)c3c(Cl)cccc13)C1CCC2C1. The van der Waals surface area contributed by atoms with Crippen LogP contribution >= 0.6 is 11.6 Å². The second-order valence-corrected chi connectivity index (χ2v) is 9.73. The Hall–Kier alpha value is -2.99. The number of ether oxygens (including phenoxy) is 4. The topological polar surface area (TPSA) is 71.1 Å². The lowest BCUT2D eigenvalue weighted by Crippen LogP contribution is -2.25. The molecule has 7 heteroatoms. The lowest BCUT2D eigenvalue weighted by molar-refractivity contribution is -0.145. The molecular formula is C29H33ClO6. The molecule has 0 aromatic heterocycles. The van der Waals surface area contributed by atoms with Crippen molar-refractivity contribution >= 4 is 34.3 Å². The Kier molecular flexibility index (Phi) is 8.24. The Morgan fingerprint density at radius 1 is 0.944 bits per heavy atom. The highest BCUT2D eigenvalue weighted by atomic mass is 35.5. The van der Waals surface area contributed by atoms with Crippen LogP contribution in [-0.4, -0.2) is 37.4 Å². The molecule has 0 aliphatic heterocycles. The second-order valence-electron chi connectivity index (χ2n) is 9.32. The Morgan fingerprint density at radius 2 is 1.47 bits per heavy atom. The summed E-state index contributed by atoms with van der Waals surface area (Å²) in [6, 6.07) is 5.73. The molecule has 0 spiro atoms. The highest BCUT2D eigenvalue weighted by Gasteiger charge is 2.43. The van der Waals surface area contributed by atoms with Gasteiger partial charge in [-0.3, -0.25) is 0 Å². The van der Waals surface area contributed by atoms with Gasteiger partial charge in [-0.25, -0.2) is 9.59 Å². The first kappa shape index (κ1) is 26.1. The quantitative estimate of drug-likeness (QED) is 0.235. The molecule has 1 fully saturated rings. The molecule has 2 aliphatic carbocycles. The second kappa shape index (κ2) is 11.4. The summed E-state index contributed by atoms with van der Waals surface area (Å²) in [4.78, 5) is 23.5. The number of esters is 2. The van der Waals surface area contributed by atoms with Crippen LogP contribution in [0.1, 0.15) is 68.9 Å². The highest BCUT2D eigenvalue weighted by Crippen LogP contribution is 2.61. The van der Waals surface area contributed by atoms with E-state index < -0.39 is 18.0 Å². The minimum Gasteiger partial charge on any atom is -0.489 e. The molecule has 0 heterocycles. The lowest BCUT2D eigenvalue weighted by Gasteiger charge is -2.27. The van der Waals surface area contributed by atoms with Gasteiger partial charge in [0.2, 0.25) is 0 Å². The summed E-state index contributed by atoms with van der Waals surface area (Å²) >= 11 is 6.76. The van der Waals surface area contributed by atoms with Crippen molar-refractivity contribution in [1.82, 2.24) is 0 Å². The van der Waals surface area contributed by atoms with E-state index >= 15 is 0 Å². The van der Waals surface area contributed by atoms with Crippen molar-refractivity contribution in [3.63, 3.8) is 0 Å². The minimum absolute atomic E-state index is 0.218. The fraction of sp³-hybridized carbons (Fsp3) is 0.448. The molecule has 6 nitrogen and oxygen atoms in total. The molecular weight excluding hydrogens is 480 g/mol. The number of carbonyl (C=O) groups is 2. The molecule has 36 heavy (non-hydrogen) atoms. The van der Waals surface area contributed by atoms with Crippen LogP contribution in [0, 0.1) is 0 Å². The maximum atomic E-state index is 11.8. The van der Waals surface area contributed by atoms with Crippen LogP contribution < -0.4 is 9.47 Å². The summed E-state index contributed by atoms with van der Waals surface area (Å²) in [5, 5.41) is 2.23. The molecule has 2 aliphatic rings. The molecule has 0 radical (unpaired) electrons. The third kappa shape index (κ3) is 5.10. The van der Waals surface area contributed by atoms with Crippen LogP contribution in [0.15, 0.2) is 43.5 Å². The molecule has 192 valence electrons. The average molecular weight is 513 g/mol. The highest BCUT2D eigenvalue weighted by molar-refractivity contribution is 6.36. The van der Waals surface area contributed by atoms with Crippen molar-refractivity contribution < 1.29 is 28.5 Å². The van der Waals surface area contributed by atoms with Crippen molar-refractivity contribution in [3.05, 3.63) is 59.7 Å². The van der Waals surface area contributed by atoms with E-state index in [0.717, 1.165) is 64.8 Å². The third-order valence-corrected chi connectivity index (χ3v) is 7.47. The molecule has 1 saturated carbocycles.